The maximum absolute atomic E-state index is 10.4. The minimum absolute atomic E-state index is 0.266. The predicted molar refractivity (Wildman–Crippen MR) is 58.6 cm³/mol. The molecule has 0 heterocycles. The van der Waals surface area contributed by atoms with E-state index in [0.717, 1.165) is 32.1 Å². The highest BCUT2D eigenvalue weighted by Gasteiger charge is 1.95. The van der Waals surface area contributed by atoms with Crippen LogP contribution in [0, 0.1) is 0 Å². The highest BCUT2D eigenvalue weighted by molar-refractivity contribution is 6.66. The molecule has 4 heteroatoms. The fourth-order valence-corrected chi connectivity index (χ4v) is 1.28. The van der Waals surface area contributed by atoms with E-state index in [2.05, 4.69) is 0 Å². The molecule has 0 aliphatic carbocycles. The average molecular weight is 237 g/mol. The summed E-state index contributed by atoms with van der Waals surface area (Å²) < 4.78 is 0. The normalized spacial score (nSPS) is 10.7. The molecule has 0 N–H and O–H groups in total. The summed E-state index contributed by atoms with van der Waals surface area (Å²) in [5, 5.41) is -0.699. The van der Waals surface area contributed by atoms with Crippen LogP contribution in [-0.4, -0.2) is 10.5 Å². The van der Waals surface area contributed by atoms with Crippen molar-refractivity contribution >= 4 is 33.7 Å². The third-order valence-corrected chi connectivity index (χ3v) is 2.06. The van der Waals surface area contributed by atoms with Crippen molar-refractivity contribution in [2.24, 2.45) is 0 Å². The van der Waals surface area contributed by atoms with E-state index >= 15 is 0 Å². The third-order valence-electron chi connectivity index (χ3n) is 1.74. The van der Waals surface area contributed by atoms with Crippen LogP contribution in [0.25, 0.3) is 0 Å². The van der Waals surface area contributed by atoms with E-state index in [9.17, 15) is 9.59 Å². The Balaban J connectivity index is 3.14. The fraction of sp³-hybridized carbons (Fsp3) is 0.600. The standard InChI is InChI=1S/C10H14Cl2O2/c11-9(13)7-5-3-1-2-4-6-8-10(12)14/h5,7H,1-4,6,8H2/b7-5+. The Morgan fingerprint density at radius 2 is 1.64 bits per heavy atom. The second-order valence-corrected chi connectivity index (χ2v) is 3.81. The minimum atomic E-state index is -0.433. The van der Waals surface area contributed by atoms with Crippen molar-refractivity contribution in [2.75, 3.05) is 0 Å². The monoisotopic (exact) mass is 236 g/mol. The molecule has 0 bridgehead atoms. The van der Waals surface area contributed by atoms with Crippen molar-refractivity contribution < 1.29 is 9.59 Å². The van der Waals surface area contributed by atoms with Gasteiger partial charge in [0.05, 0.1) is 0 Å². The maximum Gasteiger partial charge on any atom is 0.244 e. The van der Waals surface area contributed by atoms with Crippen LogP contribution >= 0.6 is 23.2 Å². The minimum Gasteiger partial charge on any atom is -0.281 e. The van der Waals surface area contributed by atoms with Gasteiger partial charge in [0.1, 0.15) is 0 Å². The van der Waals surface area contributed by atoms with E-state index in [1.165, 1.54) is 6.08 Å². The molecule has 0 unspecified atom stereocenters. The molecule has 0 atom stereocenters. The topological polar surface area (TPSA) is 34.1 Å². The van der Waals surface area contributed by atoms with Gasteiger partial charge in [-0.05, 0) is 48.5 Å². The molecule has 0 aliphatic heterocycles. The highest BCUT2D eigenvalue weighted by atomic mass is 35.5. The lowest BCUT2D eigenvalue weighted by atomic mass is 10.1. The number of carbonyl (C=O) groups is 2. The molecule has 2 nitrogen and oxygen atoms in total. The van der Waals surface area contributed by atoms with E-state index in [4.69, 9.17) is 23.2 Å². The molecule has 0 saturated carbocycles. The van der Waals surface area contributed by atoms with Crippen LogP contribution in [0.1, 0.15) is 38.5 Å². The summed E-state index contributed by atoms with van der Waals surface area (Å²) in [4.78, 5) is 20.6. The van der Waals surface area contributed by atoms with Crippen molar-refractivity contribution in [1.82, 2.24) is 0 Å². The van der Waals surface area contributed by atoms with Gasteiger partial charge >= 0.3 is 0 Å². The molecule has 0 spiro atoms. The zero-order chi connectivity index (χ0) is 10.8. The number of hydrogen-bond donors (Lipinski definition) is 0. The average Bonchev–Trinajstić information content (AvgIpc) is 2.08. The zero-order valence-electron chi connectivity index (χ0n) is 7.97. The van der Waals surface area contributed by atoms with Crippen LogP contribution in [0.4, 0.5) is 0 Å². The SMILES string of the molecule is O=C(Cl)/C=C/CCCCCCC(=O)Cl. The lowest BCUT2D eigenvalue weighted by Crippen LogP contribution is -1.86. The molecule has 0 fully saturated rings. The summed E-state index contributed by atoms with van der Waals surface area (Å²) in [5.41, 5.74) is 0. The lowest BCUT2D eigenvalue weighted by molar-refractivity contribution is -0.111. The smallest absolute Gasteiger partial charge is 0.244 e. The van der Waals surface area contributed by atoms with Crippen molar-refractivity contribution in [3.63, 3.8) is 0 Å². The van der Waals surface area contributed by atoms with Gasteiger partial charge in [0.2, 0.25) is 10.5 Å². The van der Waals surface area contributed by atoms with Crippen molar-refractivity contribution in [3.8, 4) is 0 Å². The van der Waals surface area contributed by atoms with E-state index in [1.807, 2.05) is 0 Å². The van der Waals surface area contributed by atoms with Crippen LogP contribution in [-0.2, 0) is 9.59 Å². The number of unbranched alkanes of at least 4 members (excludes halogenated alkanes) is 4. The number of halogens is 2. The Bertz CT molecular complexity index is 212. The van der Waals surface area contributed by atoms with Gasteiger partial charge < -0.3 is 0 Å². The van der Waals surface area contributed by atoms with Gasteiger partial charge in [0.25, 0.3) is 0 Å². The molecule has 0 amide bonds. The van der Waals surface area contributed by atoms with Crippen LogP contribution in [0.5, 0.6) is 0 Å². The first-order valence-corrected chi connectivity index (χ1v) is 5.43. The molecule has 0 aromatic heterocycles. The predicted octanol–water partition coefficient (Wildman–Crippen LogP) is 3.41. The molecule has 0 aromatic carbocycles. The molecule has 0 aromatic rings. The largest absolute Gasteiger partial charge is 0.281 e. The Hall–Kier alpha value is -0.340. The highest BCUT2D eigenvalue weighted by Crippen LogP contribution is 2.07. The Morgan fingerprint density at radius 1 is 1.00 bits per heavy atom. The van der Waals surface area contributed by atoms with Gasteiger partial charge in [0, 0.05) is 6.42 Å². The van der Waals surface area contributed by atoms with E-state index in [0.29, 0.717) is 6.42 Å². The van der Waals surface area contributed by atoms with E-state index in [-0.39, 0.29) is 5.24 Å². The second kappa shape index (κ2) is 9.22. The van der Waals surface area contributed by atoms with Gasteiger partial charge in [0.15, 0.2) is 0 Å². The first-order valence-electron chi connectivity index (χ1n) is 4.67. The number of rotatable bonds is 8. The van der Waals surface area contributed by atoms with Crippen LogP contribution < -0.4 is 0 Å². The van der Waals surface area contributed by atoms with Crippen LogP contribution in [0.3, 0.4) is 0 Å². The Labute approximate surface area is 94.3 Å². The Morgan fingerprint density at radius 3 is 2.21 bits per heavy atom. The number of allylic oxidation sites excluding steroid dienone is 2. The number of carbonyl (C=O) groups excluding carboxylic acids is 2. The molecular formula is C10H14Cl2O2. The molecule has 14 heavy (non-hydrogen) atoms. The first kappa shape index (κ1) is 13.7. The van der Waals surface area contributed by atoms with Gasteiger partial charge in [-0.15, -0.1) is 0 Å². The lowest BCUT2D eigenvalue weighted by Gasteiger charge is -1.96. The summed E-state index contributed by atoms with van der Waals surface area (Å²) in [5.74, 6) is 0. The van der Waals surface area contributed by atoms with Crippen molar-refractivity contribution in [3.05, 3.63) is 12.2 Å². The summed E-state index contributed by atoms with van der Waals surface area (Å²) >= 11 is 10.3. The van der Waals surface area contributed by atoms with Crippen LogP contribution in [0.2, 0.25) is 0 Å². The zero-order valence-corrected chi connectivity index (χ0v) is 9.48. The Kier molecular flexibility index (Phi) is 9.00. The van der Waals surface area contributed by atoms with Gasteiger partial charge in [-0.1, -0.05) is 18.9 Å². The number of hydrogen-bond acceptors (Lipinski definition) is 2. The second-order valence-electron chi connectivity index (χ2n) is 3.01. The van der Waals surface area contributed by atoms with Gasteiger partial charge in [-0.25, -0.2) is 0 Å². The molecule has 80 valence electrons. The van der Waals surface area contributed by atoms with Gasteiger partial charge in [-0.3, -0.25) is 9.59 Å². The summed E-state index contributed by atoms with van der Waals surface area (Å²) in [6, 6.07) is 0. The van der Waals surface area contributed by atoms with E-state index < -0.39 is 5.24 Å². The van der Waals surface area contributed by atoms with Crippen molar-refractivity contribution in [2.45, 2.75) is 38.5 Å². The summed E-state index contributed by atoms with van der Waals surface area (Å²) in [7, 11) is 0. The molecular weight excluding hydrogens is 223 g/mol. The fourth-order valence-electron chi connectivity index (χ4n) is 1.06. The quantitative estimate of drug-likeness (QED) is 0.368. The molecule has 0 rings (SSSR count). The first-order chi connectivity index (χ1) is 6.63. The van der Waals surface area contributed by atoms with E-state index in [1.54, 1.807) is 6.08 Å². The summed E-state index contributed by atoms with van der Waals surface area (Å²) in [6.45, 7) is 0. The van der Waals surface area contributed by atoms with Crippen molar-refractivity contribution in [1.29, 1.82) is 0 Å². The van der Waals surface area contributed by atoms with Gasteiger partial charge in [-0.2, -0.15) is 0 Å². The molecule has 0 saturated heterocycles. The summed E-state index contributed by atoms with van der Waals surface area (Å²) in [6.07, 6.45) is 8.35. The van der Waals surface area contributed by atoms with Crippen LogP contribution in [0.15, 0.2) is 12.2 Å². The third kappa shape index (κ3) is 11.7. The maximum atomic E-state index is 10.4. The molecule has 0 radical (unpaired) electrons. The molecule has 0 aliphatic rings.